The third kappa shape index (κ3) is 5.72. The third-order valence-electron chi connectivity index (χ3n) is 2.86. The number of nitrogens with zero attached hydrogens (tertiary/aromatic N) is 1. The molecule has 1 amide bonds. The zero-order valence-electron chi connectivity index (χ0n) is 13.5. The van der Waals surface area contributed by atoms with Crippen LogP contribution in [0.3, 0.4) is 0 Å². The maximum atomic E-state index is 13.0. The van der Waals surface area contributed by atoms with Crippen molar-refractivity contribution in [1.82, 2.24) is 4.98 Å². The van der Waals surface area contributed by atoms with Crippen molar-refractivity contribution in [2.24, 2.45) is 0 Å². The molecule has 0 bridgehead atoms. The summed E-state index contributed by atoms with van der Waals surface area (Å²) in [6.45, 7) is 0.802. The van der Waals surface area contributed by atoms with Crippen LogP contribution >= 0.6 is 34.5 Å². The molecule has 0 atom stereocenters. The van der Waals surface area contributed by atoms with Gasteiger partial charge in [-0.3, -0.25) is 10.1 Å². The first-order chi connectivity index (χ1) is 12.6. The minimum Gasteiger partial charge on any atom is -0.482 e. The second kappa shape index (κ2) is 8.77. The molecule has 146 valence electrons. The molecule has 0 fully saturated rings. The Balaban J connectivity index is 2.09. The highest BCUT2D eigenvalue weighted by Crippen LogP contribution is 2.36. The highest BCUT2D eigenvalue weighted by atomic mass is 35.5. The van der Waals surface area contributed by atoms with E-state index < -0.39 is 40.4 Å². The van der Waals surface area contributed by atoms with E-state index in [2.05, 4.69) is 15.0 Å². The summed E-state index contributed by atoms with van der Waals surface area (Å²) < 4.78 is 48.8. The van der Waals surface area contributed by atoms with Crippen LogP contribution in [0.25, 0.3) is 0 Å². The summed E-state index contributed by atoms with van der Waals surface area (Å²) >= 11 is 12.0. The van der Waals surface area contributed by atoms with Gasteiger partial charge < -0.3 is 9.47 Å². The summed E-state index contributed by atoms with van der Waals surface area (Å²) in [5.74, 6) is -1.80. The average molecular weight is 443 g/mol. The fourth-order valence-electron chi connectivity index (χ4n) is 1.79. The Morgan fingerprint density at radius 2 is 2.00 bits per heavy atom. The maximum Gasteiger partial charge on any atom is 0.435 e. The van der Waals surface area contributed by atoms with Gasteiger partial charge in [-0.05, 0) is 25.1 Å². The minimum absolute atomic E-state index is 0.106. The van der Waals surface area contributed by atoms with Crippen LogP contribution in [0.2, 0.25) is 10.0 Å². The number of alkyl halides is 3. The van der Waals surface area contributed by atoms with Gasteiger partial charge in [-0.2, -0.15) is 13.2 Å². The molecule has 1 aromatic carbocycles. The molecule has 0 saturated heterocycles. The van der Waals surface area contributed by atoms with E-state index in [-0.39, 0.29) is 17.4 Å². The number of halogens is 5. The molecule has 0 spiro atoms. The molecule has 2 rings (SSSR count). The van der Waals surface area contributed by atoms with E-state index >= 15 is 0 Å². The predicted octanol–water partition coefficient (Wildman–Crippen LogP) is 4.66. The van der Waals surface area contributed by atoms with Gasteiger partial charge >= 0.3 is 12.1 Å². The number of carbonyl (C=O) groups is 2. The number of thiazole rings is 1. The van der Waals surface area contributed by atoms with Crippen LogP contribution in [0.4, 0.5) is 18.3 Å². The van der Waals surface area contributed by atoms with E-state index in [4.69, 9.17) is 27.9 Å². The van der Waals surface area contributed by atoms with Gasteiger partial charge in [0.1, 0.15) is 10.6 Å². The Morgan fingerprint density at radius 1 is 1.30 bits per heavy atom. The van der Waals surface area contributed by atoms with Crippen molar-refractivity contribution in [2.45, 2.75) is 13.1 Å². The van der Waals surface area contributed by atoms with E-state index in [0.29, 0.717) is 16.4 Å². The number of ether oxygens (including phenoxy) is 2. The fraction of sp³-hybridized carbons (Fsp3) is 0.267. The highest BCUT2D eigenvalue weighted by Gasteiger charge is 2.40. The minimum atomic E-state index is -4.88. The van der Waals surface area contributed by atoms with Crippen LogP contribution in [0, 0.1) is 0 Å². The van der Waals surface area contributed by atoms with Crippen molar-refractivity contribution in [3.8, 4) is 5.75 Å². The van der Waals surface area contributed by atoms with Crippen LogP contribution in [0.5, 0.6) is 5.75 Å². The van der Waals surface area contributed by atoms with Crippen LogP contribution in [-0.2, 0) is 15.7 Å². The Hall–Kier alpha value is -2.04. The van der Waals surface area contributed by atoms with Crippen molar-refractivity contribution >= 4 is 51.5 Å². The lowest BCUT2D eigenvalue weighted by Gasteiger charge is -2.07. The molecule has 0 aliphatic rings. The van der Waals surface area contributed by atoms with Gasteiger partial charge in [-0.25, -0.2) is 9.78 Å². The molecular weight excluding hydrogens is 432 g/mol. The Bertz CT molecular complexity index is 858. The normalized spacial score (nSPS) is 11.2. The Labute approximate surface area is 165 Å². The van der Waals surface area contributed by atoms with E-state index in [1.54, 1.807) is 0 Å². The van der Waals surface area contributed by atoms with Gasteiger partial charge in [0.25, 0.3) is 5.91 Å². The highest BCUT2D eigenvalue weighted by molar-refractivity contribution is 7.17. The summed E-state index contributed by atoms with van der Waals surface area (Å²) in [6, 6.07) is 4.32. The van der Waals surface area contributed by atoms with Gasteiger partial charge in [-0.15, -0.1) is 0 Å². The summed E-state index contributed by atoms with van der Waals surface area (Å²) in [5, 5.41) is 2.25. The number of aromatic nitrogens is 1. The average Bonchev–Trinajstić information content (AvgIpc) is 2.98. The SMILES string of the molecule is CCOC(=O)c1sc(NC(=O)COc2ccc(Cl)cc2Cl)nc1C(F)(F)F. The topological polar surface area (TPSA) is 77.5 Å². The quantitative estimate of drug-likeness (QED) is 0.658. The smallest absolute Gasteiger partial charge is 0.435 e. The lowest BCUT2D eigenvalue weighted by atomic mass is 10.3. The number of anilines is 1. The first-order valence-electron chi connectivity index (χ1n) is 7.24. The van der Waals surface area contributed by atoms with Crippen LogP contribution in [-0.4, -0.2) is 30.1 Å². The van der Waals surface area contributed by atoms with Crippen molar-refractivity contribution in [1.29, 1.82) is 0 Å². The van der Waals surface area contributed by atoms with E-state index in [1.165, 1.54) is 25.1 Å². The molecule has 0 aliphatic carbocycles. The van der Waals surface area contributed by atoms with Crippen molar-refractivity contribution in [2.75, 3.05) is 18.5 Å². The van der Waals surface area contributed by atoms with E-state index in [0.717, 1.165) is 0 Å². The maximum absolute atomic E-state index is 13.0. The molecule has 6 nitrogen and oxygen atoms in total. The van der Waals surface area contributed by atoms with Crippen LogP contribution in [0.15, 0.2) is 18.2 Å². The Kier molecular flexibility index (Phi) is 6.90. The largest absolute Gasteiger partial charge is 0.482 e. The number of rotatable bonds is 6. The molecule has 12 heteroatoms. The summed E-state index contributed by atoms with van der Waals surface area (Å²) in [4.78, 5) is 26.1. The standard InChI is InChI=1S/C15H11Cl2F3N2O4S/c1-2-25-13(24)11-12(15(18,19)20)22-14(27-11)21-10(23)6-26-9-4-3-7(16)5-8(9)17/h3-5H,2,6H2,1H3,(H,21,22,23). The lowest BCUT2D eigenvalue weighted by molar-refractivity contribution is -0.141. The first-order valence-corrected chi connectivity index (χ1v) is 8.82. The van der Waals surface area contributed by atoms with Gasteiger partial charge in [0.2, 0.25) is 0 Å². The third-order valence-corrected chi connectivity index (χ3v) is 4.34. The van der Waals surface area contributed by atoms with Crippen LogP contribution in [0.1, 0.15) is 22.3 Å². The fourth-order valence-corrected chi connectivity index (χ4v) is 3.15. The molecule has 27 heavy (non-hydrogen) atoms. The van der Waals surface area contributed by atoms with Gasteiger partial charge in [0, 0.05) is 5.02 Å². The zero-order valence-corrected chi connectivity index (χ0v) is 15.9. The first kappa shape index (κ1) is 21.3. The number of amides is 1. The van der Waals surface area contributed by atoms with E-state index in [9.17, 15) is 22.8 Å². The number of benzene rings is 1. The lowest BCUT2D eigenvalue weighted by Crippen LogP contribution is -2.20. The number of carbonyl (C=O) groups excluding carboxylic acids is 2. The monoisotopic (exact) mass is 442 g/mol. The molecule has 0 unspecified atom stereocenters. The molecule has 0 saturated carbocycles. The number of nitrogens with one attached hydrogen (secondary N) is 1. The van der Waals surface area contributed by atoms with E-state index in [1.807, 2.05) is 0 Å². The molecule has 1 aromatic heterocycles. The molecule has 0 radical (unpaired) electrons. The zero-order chi connectivity index (χ0) is 20.2. The van der Waals surface area contributed by atoms with Gasteiger partial charge in [-0.1, -0.05) is 34.5 Å². The molecule has 2 aromatic rings. The number of hydrogen-bond donors (Lipinski definition) is 1. The summed E-state index contributed by atoms with van der Waals surface area (Å²) in [5.41, 5.74) is -1.43. The molecular formula is C15H11Cl2F3N2O4S. The van der Waals surface area contributed by atoms with Crippen molar-refractivity contribution in [3.63, 3.8) is 0 Å². The Morgan fingerprint density at radius 3 is 2.59 bits per heavy atom. The van der Waals surface area contributed by atoms with Crippen LogP contribution < -0.4 is 10.1 Å². The molecule has 1 N–H and O–H groups in total. The number of esters is 1. The van der Waals surface area contributed by atoms with Crippen molar-refractivity contribution in [3.05, 3.63) is 38.8 Å². The molecule has 0 aliphatic heterocycles. The summed E-state index contributed by atoms with van der Waals surface area (Å²) in [7, 11) is 0. The van der Waals surface area contributed by atoms with Gasteiger partial charge in [0.15, 0.2) is 17.4 Å². The second-order valence-electron chi connectivity index (χ2n) is 4.83. The second-order valence-corrected chi connectivity index (χ2v) is 6.67. The van der Waals surface area contributed by atoms with Gasteiger partial charge in [0.05, 0.1) is 11.6 Å². The summed E-state index contributed by atoms with van der Waals surface area (Å²) in [6.07, 6.45) is -4.88. The molecule has 1 heterocycles. The van der Waals surface area contributed by atoms with Crippen molar-refractivity contribution < 1.29 is 32.2 Å². The predicted molar refractivity (Wildman–Crippen MR) is 93.7 cm³/mol. The number of hydrogen-bond acceptors (Lipinski definition) is 6.